The Hall–Kier alpha value is -4.01. The topological polar surface area (TPSA) is 122 Å². The first-order valence-corrected chi connectivity index (χ1v) is 8.97. The first kappa shape index (κ1) is 19.7. The van der Waals surface area contributed by atoms with Crippen molar-refractivity contribution >= 4 is 28.9 Å². The third-order valence-corrected chi connectivity index (χ3v) is 4.34. The molecule has 0 atom stereocenters. The van der Waals surface area contributed by atoms with Crippen LogP contribution in [0.4, 0.5) is 23.0 Å². The first-order valence-electron chi connectivity index (χ1n) is 8.97. The lowest BCUT2D eigenvalue weighted by molar-refractivity contribution is -0.383. The normalized spacial score (nSPS) is 10.3. The molecule has 0 aliphatic carbocycles. The van der Waals surface area contributed by atoms with Gasteiger partial charge in [0, 0.05) is 11.3 Å². The zero-order valence-electron chi connectivity index (χ0n) is 16.0. The molecule has 3 N–H and O–H groups in total. The van der Waals surface area contributed by atoms with Crippen LogP contribution in [-0.4, -0.2) is 20.8 Å². The fourth-order valence-corrected chi connectivity index (χ4v) is 2.82. The number of nitro groups is 1. The van der Waals surface area contributed by atoms with Crippen molar-refractivity contribution in [2.75, 3.05) is 10.7 Å². The van der Waals surface area contributed by atoms with Crippen LogP contribution in [0.2, 0.25) is 0 Å². The van der Waals surface area contributed by atoms with Gasteiger partial charge in [-0.2, -0.15) is 0 Å². The van der Waals surface area contributed by atoms with Gasteiger partial charge in [-0.15, -0.1) is 0 Å². The van der Waals surface area contributed by atoms with Crippen LogP contribution < -0.4 is 16.2 Å². The molecule has 0 fully saturated rings. The smallest absolute Gasteiger partial charge is 0.334 e. The van der Waals surface area contributed by atoms with Crippen LogP contribution in [0.5, 0.6) is 0 Å². The first-order chi connectivity index (χ1) is 14.0. The van der Waals surface area contributed by atoms with E-state index in [0.29, 0.717) is 11.3 Å². The Bertz CT molecular complexity index is 1050. The molecule has 1 amide bonds. The molecule has 0 unspecified atom stereocenters. The number of anilines is 3. The second kappa shape index (κ2) is 8.79. The molecule has 0 aliphatic rings. The van der Waals surface area contributed by atoms with E-state index in [1.54, 1.807) is 25.1 Å². The van der Waals surface area contributed by atoms with Crippen molar-refractivity contribution in [3.63, 3.8) is 0 Å². The number of carbonyl (C=O) groups is 1. The minimum atomic E-state index is -0.598. The molecule has 148 valence electrons. The fourth-order valence-electron chi connectivity index (χ4n) is 2.82. The summed E-state index contributed by atoms with van der Waals surface area (Å²) in [6.07, 6.45) is 1.94. The van der Waals surface area contributed by atoms with Crippen LogP contribution in [0, 0.1) is 17.0 Å². The van der Waals surface area contributed by atoms with Gasteiger partial charge in [0.2, 0.25) is 11.6 Å². The largest absolute Gasteiger partial charge is 0.355 e. The van der Waals surface area contributed by atoms with E-state index < -0.39 is 10.8 Å². The molecule has 9 heteroatoms. The van der Waals surface area contributed by atoms with E-state index in [9.17, 15) is 14.9 Å². The number of hydrogen-bond acceptors (Lipinski definition) is 7. The van der Waals surface area contributed by atoms with Crippen LogP contribution in [0.1, 0.15) is 28.4 Å². The quantitative estimate of drug-likeness (QED) is 0.413. The average Bonchev–Trinajstić information content (AvgIpc) is 2.72. The van der Waals surface area contributed by atoms with Gasteiger partial charge in [-0.25, -0.2) is 9.97 Å². The Kier molecular flexibility index (Phi) is 5.98. The van der Waals surface area contributed by atoms with Crippen LogP contribution in [0.3, 0.4) is 0 Å². The zero-order valence-corrected chi connectivity index (χ0v) is 16.0. The molecule has 3 aromatic rings. The van der Waals surface area contributed by atoms with E-state index in [4.69, 9.17) is 0 Å². The van der Waals surface area contributed by atoms with Crippen molar-refractivity contribution in [1.82, 2.24) is 15.4 Å². The number of nitrogens with one attached hydrogen (secondary N) is 3. The van der Waals surface area contributed by atoms with Crippen molar-refractivity contribution in [2.24, 2.45) is 0 Å². The summed E-state index contributed by atoms with van der Waals surface area (Å²) in [5, 5.41) is 14.7. The van der Waals surface area contributed by atoms with Gasteiger partial charge in [0.1, 0.15) is 6.33 Å². The van der Waals surface area contributed by atoms with Crippen LogP contribution in [-0.2, 0) is 6.42 Å². The molecule has 29 heavy (non-hydrogen) atoms. The predicted octanol–water partition coefficient (Wildman–Crippen LogP) is 3.76. The van der Waals surface area contributed by atoms with Gasteiger partial charge in [0.05, 0.1) is 4.92 Å². The van der Waals surface area contributed by atoms with Gasteiger partial charge >= 0.3 is 5.69 Å². The summed E-state index contributed by atoms with van der Waals surface area (Å²) < 4.78 is 0. The number of aryl methyl sites for hydroxylation is 2. The van der Waals surface area contributed by atoms with E-state index in [0.717, 1.165) is 17.5 Å². The number of nitrogens with zero attached hydrogens (tertiary/aromatic N) is 3. The summed E-state index contributed by atoms with van der Waals surface area (Å²) in [5.74, 6) is -0.524. The lowest BCUT2D eigenvalue weighted by Gasteiger charge is -2.13. The minimum Gasteiger partial charge on any atom is -0.334 e. The summed E-state index contributed by atoms with van der Waals surface area (Å²) in [4.78, 5) is 31.4. The van der Waals surface area contributed by atoms with E-state index in [1.165, 1.54) is 6.33 Å². The number of para-hydroxylation sites is 1. The summed E-state index contributed by atoms with van der Waals surface area (Å²) in [5.41, 5.74) is 7.56. The molecule has 0 saturated heterocycles. The average molecular weight is 392 g/mol. The SMILES string of the molecule is CCc1ccccc1Nc1ncnc(NNC(=O)c2ccccc2C)c1[N+](=O)[O-]. The lowest BCUT2D eigenvalue weighted by Crippen LogP contribution is -2.30. The summed E-state index contributed by atoms with van der Waals surface area (Å²) in [6, 6.07) is 14.5. The van der Waals surface area contributed by atoms with Gasteiger partial charge in [0.25, 0.3) is 5.91 Å². The molecule has 0 saturated carbocycles. The highest BCUT2D eigenvalue weighted by atomic mass is 16.6. The number of benzene rings is 2. The van der Waals surface area contributed by atoms with Gasteiger partial charge in [0.15, 0.2) is 0 Å². The van der Waals surface area contributed by atoms with Gasteiger partial charge < -0.3 is 5.32 Å². The molecule has 1 aromatic heterocycles. The predicted molar refractivity (Wildman–Crippen MR) is 110 cm³/mol. The number of rotatable bonds is 7. The highest BCUT2D eigenvalue weighted by Crippen LogP contribution is 2.31. The van der Waals surface area contributed by atoms with Crippen molar-refractivity contribution in [3.05, 3.63) is 81.7 Å². The second-order valence-electron chi connectivity index (χ2n) is 6.21. The standard InChI is InChI=1S/C20H20N6O3/c1-3-14-9-5-7-11-16(14)23-18-17(26(28)29)19(22-12-21-18)24-25-20(27)15-10-6-4-8-13(15)2/h4-12H,3H2,1-2H3,(H,25,27)(H2,21,22,23,24). The summed E-state index contributed by atoms with van der Waals surface area (Å²) in [6.45, 7) is 3.79. The molecular weight excluding hydrogens is 372 g/mol. The molecule has 0 bridgehead atoms. The van der Waals surface area contributed by atoms with Crippen molar-refractivity contribution in [1.29, 1.82) is 0 Å². The van der Waals surface area contributed by atoms with Crippen LogP contribution in [0.25, 0.3) is 0 Å². The molecule has 0 spiro atoms. The Morgan fingerprint density at radius 2 is 1.76 bits per heavy atom. The second-order valence-corrected chi connectivity index (χ2v) is 6.21. The van der Waals surface area contributed by atoms with Crippen LogP contribution >= 0.6 is 0 Å². The third-order valence-electron chi connectivity index (χ3n) is 4.34. The Balaban J connectivity index is 1.86. The number of amides is 1. The van der Waals surface area contributed by atoms with Gasteiger partial charge in [-0.05, 0) is 36.6 Å². The number of hydrazine groups is 1. The third kappa shape index (κ3) is 4.46. The molecular formula is C20H20N6O3. The number of aromatic nitrogens is 2. The fraction of sp³-hybridized carbons (Fsp3) is 0.150. The van der Waals surface area contributed by atoms with Crippen molar-refractivity contribution < 1.29 is 9.72 Å². The summed E-state index contributed by atoms with van der Waals surface area (Å²) in [7, 11) is 0. The van der Waals surface area contributed by atoms with E-state index >= 15 is 0 Å². The highest BCUT2D eigenvalue weighted by Gasteiger charge is 2.24. The van der Waals surface area contributed by atoms with Gasteiger partial charge in [-0.3, -0.25) is 25.8 Å². The zero-order chi connectivity index (χ0) is 20.8. The number of carbonyl (C=O) groups excluding carboxylic acids is 1. The van der Waals surface area contributed by atoms with Crippen LogP contribution in [0.15, 0.2) is 54.9 Å². The summed E-state index contributed by atoms with van der Waals surface area (Å²) >= 11 is 0. The minimum absolute atomic E-state index is 0.0264. The van der Waals surface area contributed by atoms with E-state index in [-0.39, 0.29) is 17.3 Å². The maximum atomic E-state index is 12.4. The maximum absolute atomic E-state index is 12.4. The molecule has 0 aliphatic heterocycles. The highest BCUT2D eigenvalue weighted by molar-refractivity contribution is 5.96. The maximum Gasteiger partial charge on any atom is 0.355 e. The molecule has 2 aromatic carbocycles. The molecule has 1 heterocycles. The monoisotopic (exact) mass is 392 g/mol. The molecule has 0 radical (unpaired) electrons. The Morgan fingerprint density at radius 3 is 2.48 bits per heavy atom. The van der Waals surface area contributed by atoms with E-state index in [2.05, 4.69) is 26.1 Å². The van der Waals surface area contributed by atoms with E-state index in [1.807, 2.05) is 37.3 Å². The number of hydrogen-bond donors (Lipinski definition) is 3. The van der Waals surface area contributed by atoms with Crippen molar-refractivity contribution in [2.45, 2.75) is 20.3 Å². The molecule has 9 nitrogen and oxygen atoms in total. The molecule has 3 rings (SSSR count). The lowest BCUT2D eigenvalue weighted by atomic mass is 10.1. The van der Waals surface area contributed by atoms with Gasteiger partial charge in [-0.1, -0.05) is 43.3 Å². The Morgan fingerprint density at radius 1 is 1.07 bits per heavy atom. The Labute approximate surface area is 167 Å². The van der Waals surface area contributed by atoms with Crippen molar-refractivity contribution in [3.8, 4) is 0 Å².